The van der Waals surface area contributed by atoms with Crippen LogP contribution in [0.25, 0.3) is 0 Å². The summed E-state index contributed by atoms with van der Waals surface area (Å²) in [6, 6.07) is 6.89. The summed E-state index contributed by atoms with van der Waals surface area (Å²) in [5.41, 5.74) is 6.79. The van der Waals surface area contributed by atoms with E-state index >= 15 is 0 Å². The Hall–Kier alpha value is -1.67. The Morgan fingerprint density at radius 2 is 2.00 bits per heavy atom. The maximum absolute atomic E-state index is 12.1. The van der Waals surface area contributed by atoms with Crippen LogP contribution in [0.3, 0.4) is 0 Å². The zero-order valence-electron chi connectivity index (χ0n) is 11.9. The van der Waals surface area contributed by atoms with E-state index in [9.17, 15) is 8.42 Å². The molecule has 0 aliphatic rings. The summed E-state index contributed by atoms with van der Waals surface area (Å²) < 4.78 is 26.7. The van der Waals surface area contributed by atoms with Gasteiger partial charge in [-0.15, -0.1) is 10.2 Å². The van der Waals surface area contributed by atoms with Crippen LogP contribution in [0.2, 0.25) is 0 Å². The fourth-order valence-corrected chi connectivity index (χ4v) is 4.17. The fourth-order valence-electron chi connectivity index (χ4n) is 1.77. The number of rotatable bonds is 6. The van der Waals surface area contributed by atoms with Gasteiger partial charge in [0.15, 0.2) is 0 Å². The molecule has 8 heteroatoms. The standard InChI is InChI=1S/C13H18N4O2S2/c1-9(2)7-12-15-16-13(20-12)17-21(18,19)8-10-5-3-4-6-11(10)14/h3-6,9H,7-8,14H2,1-2H3,(H,16,17). The number of sulfonamides is 1. The number of benzene rings is 1. The molecule has 3 N–H and O–H groups in total. The molecule has 0 radical (unpaired) electrons. The van der Waals surface area contributed by atoms with Gasteiger partial charge in [-0.25, -0.2) is 8.42 Å². The van der Waals surface area contributed by atoms with Crippen molar-refractivity contribution in [3.63, 3.8) is 0 Å². The van der Waals surface area contributed by atoms with E-state index < -0.39 is 10.0 Å². The van der Waals surface area contributed by atoms with Crippen LogP contribution in [0.1, 0.15) is 24.4 Å². The SMILES string of the molecule is CC(C)Cc1nnc(NS(=O)(=O)Cc2ccccc2N)s1. The Morgan fingerprint density at radius 1 is 1.29 bits per heavy atom. The van der Waals surface area contributed by atoms with Gasteiger partial charge < -0.3 is 5.73 Å². The molecule has 0 amide bonds. The quantitative estimate of drug-likeness (QED) is 0.793. The van der Waals surface area contributed by atoms with E-state index in [0.29, 0.717) is 22.3 Å². The highest BCUT2D eigenvalue weighted by Gasteiger charge is 2.16. The third-order valence-corrected chi connectivity index (χ3v) is 4.88. The molecule has 0 atom stereocenters. The average molecular weight is 326 g/mol. The Kier molecular flexibility index (Phi) is 4.79. The van der Waals surface area contributed by atoms with Gasteiger partial charge in [0, 0.05) is 12.1 Å². The second-order valence-electron chi connectivity index (χ2n) is 5.16. The predicted octanol–water partition coefficient (Wildman–Crippen LogP) is 2.26. The van der Waals surface area contributed by atoms with Crippen molar-refractivity contribution in [2.75, 3.05) is 10.5 Å². The number of hydrogen-bond acceptors (Lipinski definition) is 6. The van der Waals surface area contributed by atoms with Gasteiger partial charge in [0.05, 0.1) is 5.75 Å². The summed E-state index contributed by atoms with van der Waals surface area (Å²) in [4.78, 5) is 0. The van der Waals surface area contributed by atoms with E-state index in [4.69, 9.17) is 5.73 Å². The molecule has 1 heterocycles. The topological polar surface area (TPSA) is 98.0 Å². The molecule has 0 unspecified atom stereocenters. The predicted molar refractivity (Wildman–Crippen MR) is 85.6 cm³/mol. The molecular weight excluding hydrogens is 308 g/mol. The van der Waals surface area contributed by atoms with Crippen LogP contribution in [0, 0.1) is 5.92 Å². The first-order valence-corrected chi connectivity index (χ1v) is 8.99. The molecule has 1 aromatic heterocycles. The van der Waals surface area contributed by atoms with Crippen molar-refractivity contribution in [1.82, 2.24) is 10.2 Å². The van der Waals surface area contributed by atoms with Crippen molar-refractivity contribution >= 4 is 32.2 Å². The zero-order valence-corrected chi connectivity index (χ0v) is 13.5. The Bertz CT molecular complexity index is 710. The van der Waals surface area contributed by atoms with Gasteiger partial charge in [0.2, 0.25) is 15.2 Å². The third kappa shape index (κ3) is 4.68. The van der Waals surface area contributed by atoms with Gasteiger partial charge in [0.1, 0.15) is 5.01 Å². The molecule has 114 valence electrons. The fraction of sp³-hybridized carbons (Fsp3) is 0.385. The van der Waals surface area contributed by atoms with Gasteiger partial charge in [-0.3, -0.25) is 4.72 Å². The summed E-state index contributed by atoms with van der Waals surface area (Å²) in [6.45, 7) is 4.15. The van der Waals surface area contributed by atoms with Gasteiger partial charge >= 0.3 is 0 Å². The first-order valence-electron chi connectivity index (χ1n) is 6.52. The normalized spacial score (nSPS) is 11.8. The van der Waals surface area contributed by atoms with Crippen molar-refractivity contribution in [3.8, 4) is 0 Å². The highest BCUT2D eigenvalue weighted by atomic mass is 32.2. The molecule has 1 aromatic carbocycles. The number of nitrogens with one attached hydrogen (secondary N) is 1. The molecule has 2 aromatic rings. The van der Waals surface area contributed by atoms with E-state index in [2.05, 4.69) is 28.8 Å². The number of nitrogens with two attached hydrogens (primary N) is 1. The maximum Gasteiger partial charge on any atom is 0.238 e. The number of nitrogens with zero attached hydrogens (tertiary/aromatic N) is 2. The highest BCUT2D eigenvalue weighted by molar-refractivity contribution is 7.92. The van der Waals surface area contributed by atoms with E-state index in [1.54, 1.807) is 24.3 Å². The molecule has 0 aliphatic heterocycles. The van der Waals surface area contributed by atoms with Crippen LogP contribution in [0.15, 0.2) is 24.3 Å². The highest BCUT2D eigenvalue weighted by Crippen LogP contribution is 2.21. The zero-order chi connectivity index (χ0) is 15.5. The maximum atomic E-state index is 12.1. The van der Waals surface area contributed by atoms with Crippen LogP contribution >= 0.6 is 11.3 Å². The molecule has 0 aliphatic carbocycles. The van der Waals surface area contributed by atoms with Crippen LogP contribution < -0.4 is 10.5 Å². The molecule has 21 heavy (non-hydrogen) atoms. The van der Waals surface area contributed by atoms with E-state index in [-0.39, 0.29) is 5.75 Å². The van der Waals surface area contributed by atoms with E-state index in [1.165, 1.54) is 11.3 Å². The minimum atomic E-state index is -3.55. The largest absolute Gasteiger partial charge is 0.398 e. The lowest BCUT2D eigenvalue weighted by Gasteiger charge is -2.07. The van der Waals surface area contributed by atoms with Gasteiger partial charge in [-0.1, -0.05) is 43.4 Å². The minimum Gasteiger partial charge on any atom is -0.398 e. The molecule has 0 spiro atoms. The van der Waals surface area contributed by atoms with Crippen molar-refractivity contribution in [2.24, 2.45) is 5.92 Å². The van der Waals surface area contributed by atoms with Crippen molar-refractivity contribution in [3.05, 3.63) is 34.8 Å². The number of hydrogen-bond donors (Lipinski definition) is 2. The number of anilines is 2. The van der Waals surface area contributed by atoms with Crippen LogP contribution in [0.5, 0.6) is 0 Å². The van der Waals surface area contributed by atoms with E-state index in [1.807, 2.05) is 0 Å². The van der Waals surface area contributed by atoms with Gasteiger partial charge in [-0.2, -0.15) is 0 Å². The second-order valence-corrected chi connectivity index (χ2v) is 7.94. The Balaban J connectivity index is 2.07. The van der Waals surface area contributed by atoms with Crippen LogP contribution in [0.4, 0.5) is 10.8 Å². The van der Waals surface area contributed by atoms with Gasteiger partial charge in [-0.05, 0) is 17.5 Å². The lowest BCUT2D eigenvalue weighted by atomic mass is 10.1. The number of para-hydroxylation sites is 1. The summed E-state index contributed by atoms with van der Waals surface area (Å²) >= 11 is 1.26. The molecule has 6 nitrogen and oxygen atoms in total. The monoisotopic (exact) mass is 326 g/mol. The van der Waals surface area contributed by atoms with Crippen LogP contribution in [-0.4, -0.2) is 18.6 Å². The summed E-state index contributed by atoms with van der Waals surface area (Å²) in [7, 11) is -3.55. The number of aromatic nitrogens is 2. The van der Waals surface area contributed by atoms with Crippen molar-refractivity contribution in [1.29, 1.82) is 0 Å². The van der Waals surface area contributed by atoms with Crippen molar-refractivity contribution in [2.45, 2.75) is 26.0 Å². The minimum absolute atomic E-state index is 0.182. The summed E-state index contributed by atoms with van der Waals surface area (Å²) in [5, 5.41) is 8.96. The van der Waals surface area contributed by atoms with Crippen LogP contribution in [-0.2, 0) is 22.2 Å². The Morgan fingerprint density at radius 3 is 2.67 bits per heavy atom. The molecule has 0 saturated carbocycles. The second kappa shape index (κ2) is 6.40. The molecular formula is C13H18N4O2S2. The summed E-state index contributed by atoms with van der Waals surface area (Å²) in [6.07, 6.45) is 0.783. The molecule has 2 rings (SSSR count). The van der Waals surface area contributed by atoms with Gasteiger partial charge in [0.25, 0.3) is 0 Å². The first-order chi connectivity index (χ1) is 9.85. The molecule has 0 fully saturated rings. The lowest BCUT2D eigenvalue weighted by molar-refractivity contribution is 0.600. The average Bonchev–Trinajstić information content (AvgIpc) is 2.77. The van der Waals surface area contributed by atoms with Crippen molar-refractivity contribution < 1.29 is 8.42 Å². The van der Waals surface area contributed by atoms with E-state index in [0.717, 1.165) is 11.4 Å². The Labute approximate surface area is 128 Å². The lowest BCUT2D eigenvalue weighted by Crippen LogP contribution is -2.15. The molecule has 0 bridgehead atoms. The molecule has 0 saturated heterocycles. The summed E-state index contributed by atoms with van der Waals surface area (Å²) in [5.74, 6) is 0.269. The first kappa shape index (κ1) is 15.7. The third-order valence-electron chi connectivity index (χ3n) is 2.69. The number of nitrogen functional groups attached to an aromatic ring is 1. The smallest absolute Gasteiger partial charge is 0.238 e.